The van der Waals surface area contributed by atoms with Crippen LogP contribution in [0.4, 0.5) is 0 Å². The minimum atomic E-state index is -0.377. The quantitative estimate of drug-likeness (QED) is 0.777. The summed E-state index contributed by atoms with van der Waals surface area (Å²) < 4.78 is 11.9. The van der Waals surface area contributed by atoms with Gasteiger partial charge in [0.15, 0.2) is 16.7 Å². The summed E-state index contributed by atoms with van der Waals surface area (Å²) in [6.07, 6.45) is 0. The minimum Gasteiger partial charge on any atom is -0.454 e. The number of thioether (sulfide) groups is 1. The molecule has 0 fully saturated rings. The van der Waals surface area contributed by atoms with E-state index in [1.54, 1.807) is 14.0 Å². The van der Waals surface area contributed by atoms with E-state index in [2.05, 4.69) is 15.5 Å². The lowest BCUT2D eigenvalue weighted by molar-refractivity contribution is -0.120. The number of benzene rings is 1. The van der Waals surface area contributed by atoms with Crippen molar-refractivity contribution in [2.75, 3.05) is 6.79 Å². The number of rotatable bonds is 5. The number of amides is 1. The van der Waals surface area contributed by atoms with Crippen molar-refractivity contribution in [1.29, 1.82) is 0 Å². The molecule has 2 aromatic rings. The zero-order chi connectivity index (χ0) is 16.4. The first-order chi connectivity index (χ1) is 11.0. The Balaban J connectivity index is 1.56. The summed E-state index contributed by atoms with van der Waals surface area (Å²) in [5, 5.41) is 9.17. The Morgan fingerprint density at radius 3 is 3.00 bits per heavy atom. The Kier molecular flexibility index (Phi) is 4.28. The molecule has 0 aliphatic carbocycles. The van der Waals surface area contributed by atoms with Gasteiger partial charge in [-0.25, -0.2) is 9.89 Å². The lowest BCUT2D eigenvalue weighted by atomic mass is 10.2. The van der Waals surface area contributed by atoms with Crippen molar-refractivity contribution in [2.24, 2.45) is 7.05 Å². The number of hydrogen-bond acceptors (Lipinski definition) is 6. The van der Waals surface area contributed by atoms with Crippen LogP contribution in [0.1, 0.15) is 12.5 Å². The second-order valence-corrected chi connectivity index (χ2v) is 6.34. The van der Waals surface area contributed by atoms with Crippen molar-refractivity contribution < 1.29 is 14.3 Å². The van der Waals surface area contributed by atoms with E-state index in [1.807, 2.05) is 18.2 Å². The largest absolute Gasteiger partial charge is 0.454 e. The zero-order valence-electron chi connectivity index (χ0n) is 12.7. The SMILES string of the molecule is CC(Sc1n[nH]c(=O)n1C)C(=O)NCc1ccc2c(c1)OCO2. The molecule has 0 spiro atoms. The summed E-state index contributed by atoms with van der Waals surface area (Å²) >= 11 is 1.22. The summed E-state index contributed by atoms with van der Waals surface area (Å²) in [7, 11) is 1.60. The molecule has 1 aliphatic rings. The number of nitrogens with one attached hydrogen (secondary N) is 2. The van der Waals surface area contributed by atoms with E-state index in [0.717, 1.165) is 5.56 Å². The van der Waals surface area contributed by atoms with Crippen LogP contribution in [0.5, 0.6) is 11.5 Å². The van der Waals surface area contributed by atoms with Crippen LogP contribution in [0.3, 0.4) is 0 Å². The molecule has 0 saturated carbocycles. The molecular weight excluding hydrogens is 320 g/mol. The minimum absolute atomic E-state index is 0.136. The molecule has 9 heteroatoms. The van der Waals surface area contributed by atoms with Gasteiger partial charge < -0.3 is 14.8 Å². The van der Waals surface area contributed by atoms with Crippen molar-refractivity contribution in [3.63, 3.8) is 0 Å². The third kappa shape index (κ3) is 3.34. The van der Waals surface area contributed by atoms with Gasteiger partial charge in [-0.2, -0.15) is 0 Å². The van der Waals surface area contributed by atoms with E-state index in [4.69, 9.17) is 9.47 Å². The van der Waals surface area contributed by atoms with Gasteiger partial charge in [0.2, 0.25) is 12.7 Å². The maximum absolute atomic E-state index is 12.2. The Hall–Kier alpha value is -2.42. The summed E-state index contributed by atoms with van der Waals surface area (Å²) in [6, 6.07) is 5.54. The fraction of sp³-hybridized carbons (Fsp3) is 0.357. The summed E-state index contributed by atoms with van der Waals surface area (Å²) in [5.74, 6) is 1.26. The fourth-order valence-electron chi connectivity index (χ4n) is 2.03. The average molecular weight is 336 g/mol. The number of ether oxygens (including phenoxy) is 2. The number of fused-ring (bicyclic) bond motifs is 1. The number of aromatic nitrogens is 3. The average Bonchev–Trinajstić information content (AvgIpc) is 3.13. The van der Waals surface area contributed by atoms with Gasteiger partial charge in [-0.1, -0.05) is 17.8 Å². The van der Waals surface area contributed by atoms with Gasteiger partial charge in [0, 0.05) is 13.6 Å². The predicted molar refractivity (Wildman–Crippen MR) is 83.6 cm³/mol. The highest BCUT2D eigenvalue weighted by molar-refractivity contribution is 8.00. The number of carbonyl (C=O) groups excluding carboxylic acids is 1. The van der Waals surface area contributed by atoms with Crippen molar-refractivity contribution in [2.45, 2.75) is 23.9 Å². The zero-order valence-corrected chi connectivity index (χ0v) is 13.5. The second-order valence-electron chi connectivity index (χ2n) is 5.04. The van der Waals surface area contributed by atoms with Crippen LogP contribution < -0.4 is 20.5 Å². The fourth-order valence-corrected chi connectivity index (χ4v) is 2.88. The Bertz CT molecular complexity index is 785. The van der Waals surface area contributed by atoms with Gasteiger partial charge in [-0.05, 0) is 24.6 Å². The molecule has 2 N–H and O–H groups in total. The van der Waals surface area contributed by atoms with Gasteiger partial charge in [-0.3, -0.25) is 9.36 Å². The maximum atomic E-state index is 12.2. The van der Waals surface area contributed by atoms with Crippen LogP contribution in [-0.4, -0.2) is 32.7 Å². The summed E-state index contributed by atoms with van der Waals surface area (Å²) in [4.78, 5) is 23.5. The monoisotopic (exact) mass is 336 g/mol. The van der Waals surface area contributed by atoms with E-state index >= 15 is 0 Å². The van der Waals surface area contributed by atoms with Crippen LogP contribution in [0.15, 0.2) is 28.2 Å². The number of hydrogen-bond donors (Lipinski definition) is 2. The Labute approximate surface area is 136 Å². The van der Waals surface area contributed by atoms with Crippen molar-refractivity contribution >= 4 is 17.7 Å². The topological polar surface area (TPSA) is 98.2 Å². The smallest absolute Gasteiger partial charge is 0.343 e. The van der Waals surface area contributed by atoms with Crippen molar-refractivity contribution in [1.82, 2.24) is 20.1 Å². The Morgan fingerprint density at radius 1 is 1.48 bits per heavy atom. The van der Waals surface area contributed by atoms with Crippen LogP contribution in [0, 0.1) is 0 Å². The van der Waals surface area contributed by atoms with E-state index in [9.17, 15) is 9.59 Å². The van der Waals surface area contributed by atoms with Gasteiger partial charge in [0.25, 0.3) is 0 Å². The van der Waals surface area contributed by atoms with E-state index < -0.39 is 0 Å². The predicted octanol–water partition coefficient (Wildman–Crippen LogP) is 0.634. The number of nitrogens with zero attached hydrogens (tertiary/aromatic N) is 2. The first-order valence-electron chi connectivity index (χ1n) is 6.99. The normalized spacial score (nSPS) is 13.8. The third-order valence-electron chi connectivity index (χ3n) is 3.39. The molecule has 0 saturated heterocycles. The molecule has 0 radical (unpaired) electrons. The first-order valence-corrected chi connectivity index (χ1v) is 7.87. The molecular formula is C14H16N4O4S. The molecule has 1 unspecified atom stereocenters. The molecule has 1 aromatic carbocycles. The maximum Gasteiger partial charge on any atom is 0.343 e. The summed E-state index contributed by atoms with van der Waals surface area (Å²) in [6.45, 7) is 2.37. The number of H-pyrrole nitrogens is 1. The highest BCUT2D eigenvalue weighted by atomic mass is 32.2. The first kappa shape index (κ1) is 15.5. The molecule has 1 aliphatic heterocycles. The molecule has 122 valence electrons. The molecule has 3 rings (SSSR count). The van der Waals surface area contributed by atoms with E-state index in [0.29, 0.717) is 23.2 Å². The van der Waals surface area contributed by atoms with Crippen molar-refractivity contribution in [3.05, 3.63) is 34.2 Å². The second kappa shape index (κ2) is 6.37. The van der Waals surface area contributed by atoms with E-state index in [1.165, 1.54) is 16.3 Å². The molecule has 1 amide bonds. The molecule has 2 heterocycles. The standard InChI is InChI=1S/C14H16N4O4S/c1-8(23-14-17-16-13(20)18(14)2)12(19)15-6-9-3-4-10-11(5-9)22-7-21-10/h3-5,8H,6-7H2,1-2H3,(H,15,19)(H,16,20). The molecule has 1 aromatic heterocycles. The van der Waals surface area contributed by atoms with Crippen LogP contribution in [0.25, 0.3) is 0 Å². The number of carbonyl (C=O) groups is 1. The summed E-state index contributed by atoms with van der Waals surface area (Å²) in [5.41, 5.74) is 0.618. The Morgan fingerprint density at radius 2 is 2.26 bits per heavy atom. The van der Waals surface area contributed by atoms with Gasteiger partial charge in [-0.15, -0.1) is 5.10 Å². The lowest BCUT2D eigenvalue weighted by Crippen LogP contribution is -2.30. The molecule has 1 atom stereocenters. The highest BCUT2D eigenvalue weighted by Crippen LogP contribution is 2.32. The van der Waals surface area contributed by atoms with Gasteiger partial charge in [0.1, 0.15) is 0 Å². The van der Waals surface area contributed by atoms with Crippen molar-refractivity contribution in [3.8, 4) is 11.5 Å². The molecule has 8 nitrogen and oxygen atoms in total. The lowest BCUT2D eigenvalue weighted by Gasteiger charge is -2.11. The van der Waals surface area contributed by atoms with Crippen LogP contribution in [-0.2, 0) is 18.4 Å². The van der Waals surface area contributed by atoms with E-state index in [-0.39, 0.29) is 23.6 Å². The number of aromatic amines is 1. The molecule has 23 heavy (non-hydrogen) atoms. The van der Waals surface area contributed by atoms with Crippen LogP contribution >= 0.6 is 11.8 Å². The highest BCUT2D eigenvalue weighted by Gasteiger charge is 2.18. The van der Waals surface area contributed by atoms with Gasteiger partial charge in [0.05, 0.1) is 5.25 Å². The third-order valence-corrected chi connectivity index (χ3v) is 4.54. The van der Waals surface area contributed by atoms with Gasteiger partial charge >= 0.3 is 5.69 Å². The molecule has 0 bridgehead atoms. The van der Waals surface area contributed by atoms with Crippen LogP contribution in [0.2, 0.25) is 0 Å².